The topological polar surface area (TPSA) is 41.1 Å². The minimum atomic E-state index is 0.0129. The van der Waals surface area contributed by atoms with Gasteiger partial charge in [-0.1, -0.05) is 70.5 Å². The summed E-state index contributed by atoms with van der Waals surface area (Å²) in [5.41, 5.74) is 3.45. The second-order valence-corrected chi connectivity index (χ2v) is 7.88. The summed E-state index contributed by atoms with van der Waals surface area (Å²) >= 11 is 5.29. The van der Waals surface area contributed by atoms with E-state index in [0.29, 0.717) is 16.2 Å². The quantitative estimate of drug-likeness (QED) is 0.412. The van der Waals surface area contributed by atoms with E-state index in [2.05, 4.69) is 38.3 Å². The maximum Gasteiger partial charge on any atom is 0.193 e. The summed E-state index contributed by atoms with van der Waals surface area (Å²) < 4.78 is 0. The van der Waals surface area contributed by atoms with Gasteiger partial charge in [-0.05, 0) is 41.7 Å². The van der Waals surface area contributed by atoms with E-state index in [1.54, 1.807) is 0 Å². The standard InChI is InChI=1S/C22H28N2OS/c1-5-6-14-23-21(26)24-19-9-7-8-17(15-19)20(25)16-10-12-18(13-11-16)22(2,3)4/h7-13,15H,5-6,14H2,1-4H3,(H2,23,24,26). The molecule has 138 valence electrons. The van der Waals surface area contributed by atoms with Gasteiger partial charge in [0.2, 0.25) is 0 Å². The van der Waals surface area contributed by atoms with Crippen LogP contribution < -0.4 is 10.6 Å². The Labute approximate surface area is 162 Å². The van der Waals surface area contributed by atoms with Crippen molar-refractivity contribution >= 4 is 28.8 Å². The lowest BCUT2D eigenvalue weighted by molar-refractivity contribution is 0.103. The minimum Gasteiger partial charge on any atom is -0.362 e. The van der Waals surface area contributed by atoms with Gasteiger partial charge >= 0.3 is 0 Å². The molecule has 0 atom stereocenters. The number of carbonyl (C=O) groups excluding carboxylic acids is 1. The largest absolute Gasteiger partial charge is 0.362 e. The zero-order valence-electron chi connectivity index (χ0n) is 16.1. The Kier molecular flexibility index (Phi) is 6.92. The number of rotatable bonds is 6. The van der Waals surface area contributed by atoms with Crippen LogP contribution in [0.5, 0.6) is 0 Å². The Morgan fingerprint density at radius 1 is 1.04 bits per heavy atom. The average Bonchev–Trinajstić information content (AvgIpc) is 2.61. The van der Waals surface area contributed by atoms with Crippen LogP contribution in [0, 0.1) is 0 Å². The monoisotopic (exact) mass is 368 g/mol. The fourth-order valence-electron chi connectivity index (χ4n) is 2.58. The van der Waals surface area contributed by atoms with Crippen molar-refractivity contribution in [3.63, 3.8) is 0 Å². The van der Waals surface area contributed by atoms with E-state index in [1.165, 1.54) is 5.56 Å². The number of unbranched alkanes of at least 4 members (excludes halogenated alkanes) is 1. The highest BCUT2D eigenvalue weighted by Gasteiger charge is 2.15. The zero-order valence-corrected chi connectivity index (χ0v) is 16.9. The Bertz CT molecular complexity index is 760. The van der Waals surface area contributed by atoms with Crippen LogP contribution in [0.25, 0.3) is 0 Å². The van der Waals surface area contributed by atoms with Crippen LogP contribution in [0.15, 0.2) is 48.5 Å². The Balaban J connectivity index is 2.09. The van der Waals surface area contributed by atoms with Crippen LogP contribution in [-0.4, -0.2) is 17.4 Å². The number of hydrogen-bond donors (Lipinski definition) is 2. The Hall–Kier alpha value is -2.20. The molecule has 26 heavy (non-hydrogen) atoms. The van der Waals surface area contributed by atoms with Crippen molar-refractivity contribution in [2.75, 3.05) is 11.9 Å². The van der Waals surface area contributed by atoms with Crippen LogP contribution in [0.1, 0.15) is 62.0 Å². The molecule has 2 N–H and O–H groups in total. The molecule has 2 aromatic rings. The molecule has 0 aliphatic rings. The third-order valence-electron chi connectivity index (χ3n) is 4.21. The van der Waals surface area contributed by atoms with Crippen molar-refractivity contribution in [3.05, 3.63) is 65.2 Å². The first kappa shape index (κ1) is 20.1. The lowest BCUT2D eigenvalue weighted by Crippen LogP contribution is -2.29. The van der Waals surface area contributed by atoms with Gasteiger partial charge in [0.1, 0.15) is 0 Å². The molecule has 0 bridgehead atoms. The summed E-state index contributed by atoms with van der Waals surface area (Å²) in [6.07, 6.45) is 2.19. The molecule has 0 amide bonds. The van der Waals surface area contributed by atoms with Gasteiger partial charge in [-0.25, -0.2) is 0 Å². The highest BCUT2D eigenvalue weighted by Crippen LogP contribution is 2.23. The van der Waals surface area contributed by atoms with Gasteiger partial charge in [0.15, 0.2) is 10.9 Å². The number of benzene rings is 2. The van der Waals surface area contributed by atoms with Gasteiger partial charge in [0, 0.05) is 23.4 Å². The van der Waals surface area contributed by atoms with Crippen molar-refractivity contribution in [2.24, 2.45) is 0 Å². The van der Waals surface area contributed by atoms with Gasteiger partial charge in [-0.15, -0.1) is 0 Å². The second-order valence-electron chi connectivity index (χ2n) is 7.47. The molecule has 0 spiro atoms. The molecule has 0 radical (unpaired) electrons. The van der Waals surface area contributed by atoms with Gasteiger partial charge < -0.3 is 10.6 Å². The Morgan fingerprint density at radius 2 is 1.73 bits per heavy atom. The summed E-state index contributed by atoms with van der Waals surface area (Å²) in [6, 6.07) is 15.3. The van der Waals surface area contributed by atoms with E-state index in [9.17, 15) is 4.79 Å². The first-order valence-electron chi connectivity index (χ1n) is 9.11. The summed E-state index contributed by atoms with van der Waals surface area (Å²) in [5, 5.41) is 6.89. The average molecular weight is 369 g/mol. The molecule has 0 aromatic heterocycles. The fourth-order valence-corrected chi connectivity index (χ4v) is 2.80. The van der Waals surface area contributed by atoms with Crippen molar-refractivity contribution in [1.82, 2.24) is 5.32 Å². The first-order valence-corrected chi connectivity index (χ1v) is 9.52. The maximum absolute atomic E-state index is 12.8. The highest BCUT2D eigenvalue weighted by molar-refractivity contribution is 7.80. The van der Waals surface area contributed by atoms with Crippen LogP contribution in [0.4, 0.5) is 5.69 Å². The smallest absolute Gasteiger partial charge is 0.193 e. The molecule has 0 aliphatic heterocycles. The van der Waals surface area contributed by atoms with Crippen molar-refractivity contribution in [3.8, 4) is 0 Å². The Morgan fingerprint density at radius 3 is 2.35 bits per heavy atom. The zero-order chi connectivity index (χ0) is 19.2. The normalized spacial score (nSPS) is 11.1. The minimum absolute atomic E-state index is 0.0129. The van der Waals surface area contributed by atoms with Crippen molar-refractivity contribution < 1.29 is 4.79 Å². The first-order chi connectivity index (χ1) is 12.3. The molecule has 2 rings (SSSR count). The molecular weight excluding hydrogens is 340 g/mol. The van der Waals surface area contributed by atoms with Crippen LogP contribution in [0.2, 0.25) is 0 Å². The van der Waals surface area contributed by atoms with Crippen LogP contribution >= 0.6 is 12.2 Å². The number of nitrogens with one attached hydrogen (secondary N) is 2. The maximum atomic E-state index is 12.8. The third-order valence-corrected chi connectivity index (χ3v) is 4.46. The van der Waals surface area contributed by atoms with E-state index in [1.807, 2.05) is 48.5 Å². The lowest BCUT2D eigenvalue weighted by atomic mass is 9.86. The summed E-state index contributed by atoms with van der Waals surface area (Å²) in [7, 11) is 0. The van der Waals surface area contributed by atoms with Crippen LogP contribution in [-0.2, 0) is 5.41 Å². The number of ketones is 1. The van der Waals surface area contributed by atoms with E-state index in [-0.39, 0.29) is 11.2 Å². The SMILES string of the molecule is CCCCNC(=S)Nc1cccc(C(=O)c2ccc(C(C)(C)C)cc2)c1. The number of thiocarbonyl (C=S) groups is 1. The summed E-state index contributed by atoms with van der Waals surface area (Å²) in [6.45, 7) is 9.48. The van der Waals surface area contributed by atoms with Gasteiger partial charge in [0.05, 0.1) is 0 Å². The number of carbonyl (C=O) groups is 1. The van der Waals surface area contributed by atoms with E-state index >= 15 is 0 Å². The third kappa shape index (κ3) is 5.67. The number of anilines is 1. The molecule has 0 saturated heterocycles. The van der Waals surface area contributed by atoms with E-state index in [0.717, 1.165) is 25.1 Å². The summed E-state index contributed by atoms with van der Waals surface area (Å²) in [4.78, 5) is 12.8. The predicted molar refractivity (Wildman–Crippen MR) is 114 cm³/mol. The van der Waals surface area contributed by atoms with Crippen LogP contribution in [0.3, 0.4) is 0 Å². The van der Waals surface area contributed by atoms with E-state index < -0.39 is 0 Å². The molecule has 0 fully saturated rings. The molecule has 2 aromatic carbocycles. The molecule has 3 nitrogen and oxygen atoms in total. The predicted octanol–water partition coefficient (Wildman–Crippen LogP) is 5.30. The second kappa shape index (κ2) is 8.95. The summed E-state index contributed by atoms with van der Waals surface area (Å²) in [5.74, 6) is 0.0129. The van der Waals surface area contributed by atoms with E-state index in [4.69, 9.17) is 12.2 Å². The molecule has 0 aliphatic carbocycles. The molecule has 0 saturated carbocycles. The molecule has 4 heteroatoms. The lowest BCUT2D eigenvalue weighted by Gasteiger charge is -2.19. The van der Waals surface area contributed by atoms with Crippen molar-refractivity contribution in [1.29, 1.82) is 0 Å². The van der Waals surface area contributed by atoms with Crippen molar-refractivity contribution in [2.45, 2.75) is 46.0 Å². The molecular formula is C22H28N2OS. The molecule has 0 unspecified atom stereocenters. The fraction of sp³-hybridized carbons (Fsp3) is 0.364. The van der Waals surface area contributed by atoms with Gasteiger partial charge in [0.25, 0.3) is 0 Å². The number of hydrogen-bond acceptors (Lipinski definition) is 2. The molecule has 0 heterocycles. The highest BCUT2D eigenvalue weighted by atomic mass is 32.1. The van der Waals surface area contributed by atoms with Gasteiger partial charge in [-0.2, -0.15) is 0 Å². The van der Waals surface area contributed by atoms with Gasteiger partial charge in [-0.3, -0.25) is 4.79 Å².